The molecule has 0 fully saturated rings. The van der Waals surface area contributed by atoms with Crippen LogP contribution in [0.25, 0.3) is 0 Å². The zero-order valence-electron chi connectivity index (χ0n) is 15.3. The maximum absolute atomic E-state index is 12.2. The Balaban J connectivity index is 2.03. The van der Waals surface area contributed by atoms with Crippen LogP contribution in [-0.2, 0) is 14.9 Å². The van der Waals surface area contributed by atoms with Crippen molar-refractivity contribution in [1.82, 2.24) is 0 Å². The minimum atomic E-state index is -0.512. The maximum Gasteiger partial charge on any atom is 0.339 e. The number of ether oxygens (including phenoxy) is 2. The van der Waals surface area contributed by atoms with Crippen LogP contribution in [0.4, 0.5) is 5.69 Å². The van der Waals surface area contributed by atoms with Crippen LogP contribution in [0.2, 0.25) is 0 Å². The summed E-state index contributed by atoms with van der Waals surface area (Å²) in [7, 11) is 1.29. The van der Waals surface area contributed by atoms with E-state index in [1.165, 1.54) is 7.11 Å². The van der Waals surface area contributed by atoms with Crippen LogP contribution in [0.1, 0.15) is 36.7 Å². The molecule has 1 N–H and O–H groups in total. The van der Waals surface area contributed by atoms with Crippen LogP contribution in [0.5, 0.6) is 5.75 Å². The van der Waals surface area contributed by atoms with Gasteiger partial charge in [-0.15, -0.1) is 0 Å². The Bertz CT molecular complexity index is 812. The van der Waals surface area contributed by atoms with Crippen LogP contribution in [0, 0.1) is 0 Å². The van der Waals surface area contributed by atoms with Gasteiger partial charge in [-0.25, -0.2) is 4.79 Å². The van der Waals surface area contributed by atoms with E-state index in [0.717, 1.165) is 10.0 Å². The second-order valence-corrected chi connectivity index (χ2v) is 7.62. The lowest BCUT2D eigenvalue weighted by molar-refractivity contribution is -0.118. The van der Waals surface area contributed by atoms with Crippen molar-refractivity contribution in [3.05, 3.63) is 58.1 Å². The number of amides is 1. The molecule has 138 valence electrons. The first-order valence-electron chi connectivity index (χ1n) is 8.12. The summed E-state index contributed by atoms with van der Waals surface area (Å²) in [5.74, 6) is -0.301. The third-order valence-corrected chi connectivity index (χ3v) is 4.38. The number of para-hydroxylation sites is 1. The number of hydrogen-bond acceptors (Lipinski definition) is 4. The van der Waals surface area contributed by atoms with Crippen LogP contribution in [0.3, 0.4) is 0 Å². The minimum absolute atomic E-state index is 0.0238. The van der Waals surface area contributed by atoms with Gasteiger partial charge in [0.05, 0.1) is 22.8 Å². The van der Waals surface area contributed by atoms with Crippen molar-refractivity contribution < 1.29 is 19.1 Å². The van der Waals surface area contributed by atoms with Gasteiger partial charge in [-0.1, -0.05) is 39.0 Å². The van der Waals surface area contributed by atoms with Gasteiger partial charge in [-0.05, 0) is 51.2 Å². The molecule has 0 aliphatic carbocycles. The normalized spacial score (nSPS) is 11.0. The second kappa shape index (κ2) is 8.36. The fourth-order valence-corrected chi connectivity index (χ4v) is 2.79. The van der Waals surface area contributed by atoms with Gasteiger partial charge in [0.25, 0.3) is 5.91 Å². The fraction of sp³-hybridized carbons (Fsp3) is 0.300. The summed E-state index contributed by atoms with van der Waals surface area (Å²) in [6, 6.07) is 12.4. The molecule has 0 saturated heterocycles. The van der Waals surface area contributed by atoms with Crippen molar-refractivity contribution in [3.63, 3.8) is 0 Å². The minimum Gasteiger partial charge on any atom is -0.483 e. The van der Waals surface area contributed by atoms with E-state index in [1.54, 1.807) is 24.3 Å². The number of rotatable bonds is 5. The van der Waals surface area contributed by atoms with E-state index in [2.05, 4.69) is 42.0 Å². The van der Waals surface area contributed by atoms with Crippen molar-refractivity contribution in [2.75, 3.05) is 19.0 Å². The zero-order valence-corrected chi connectivity index (χ0v) is 16.8. The molecular formula is C20H22BrNO4. The van der Waals surface area contributed by atoms with Gasteiger partial charge < -0.3 is 14.8 Å². The van der Waals surface area contributed by atoms with E-state index in [1.807, 2.05) is 18.2 Å². The number of halogens is 1. The summed E-state index contributed by atoms with van der Waals surface area (Å²) in [4.78, 5) is 23.9. The highest BCUT2D eigenvalue weighted by Crippen LogP contribution is 2.31. The smallest absolute Gasteiger partial charge is 0.339 e. The molecule has 0 radical (unpaired) electrons. The van der Waals surface area contributed by atoms with Gasteiger partial charge in [0.2, 0.25) is 0 Å². The van der Waals surface area contributed by atoms with E-state index in [9.17, 15) is 9.59 Å². The molecule has 0 unspecified atom stereocenters. The molecule has 0 aromatic heterocycles. The van der Waals surface area contributed by atoms with Crippen LogP contribution in [0.15, 0.2) is 46.9 Å². The SMILES string of the molecule is COC(=O)c1ccccc1NC(=O)COc1ccc(C(C)(C)C)cc1Br. The lowest BCUT2D eigenvalue weighted by Gasteiger charge is -2.20. The highest BCUT2D eigenvalue weighted by atomic mass is 79.9. The molecule has 1 amide bonds. The Hall–Kier alpha value is -2.34. The van der Waals surface area contributed by atoms with E-state index in [4.69, 9.17) is 9.47 Å². The monoisotopic (exact) mass is 419 g/mol. The predicted molar refractivity (Wildman–Crippen MR) is 105 cm³/mol. The topological polar surface area (TPSA) is 64.6 Å². The molecule has 0 spiro atoms. The van der Waals surface area contributed by atoms with Crippen molar-refractivity contribution >= 4 is 33.5 Å². The van der Waals surface area contributed by atoms with E-state index >= 15 is 0 Å². The molecule has 0 aliphatic rings. The number of benzene rings is 2. The highest BCUT2D eigenvalue weighted by molar-refractivity contribution is 9.10. The summed E-state index contributed by atoms with van der Waals surface area (Å²) in [6.45, 7) is 6.20. The number of anilines is 1. The lowest BCUT2D eigenvalue weighted by atomic mass is 9.87. The highest BCUT2D eigenvalue weighted by Gasteiger charge is 2.16. The fourth-order valence-electron chi connectivity index (χ4n) is 2.29. The van der Waals surface area contributed by atoms with E-state index < -0.39 is 5.97 Å². The molecule has 0 heterocycles. The Morgan fingerprint density at radius 3 is 2.42 bits per heavy atom. The van der Waals surface area contributed by atoms with E-state index in [-0.39, 0.29) is 17.9 Å². The molecule has 26 heavy (non-hydrogen) atoms. The third-order valence-electron chi connectivity index (χ3n) is 3.76. The number of carbonyl (C=O) groups is 2. The number of nitrogens with one attached hydrogen (secondary N) is 1. The van der Waals surface area contributed by atoms with Gasteiger partial charge >= 0.3 is 5.97 Å². The molecule has 0 atom stereocenters. The van der Waals surface area contributed by atoms with Crippen LogP contribution >= 0.6 is 15.9 Å². The Labute approximate surface area is 161 Å². The summed E-state index contributed by atoms with van der Waals surface area (Å²) >= 11 is 3.48. The number of carbonyl (C=O) groups excluding carboxylic acids is 2. The zero-order chi connectivity index (χ0) is 19.3. The van der Waals surface area contributed by atoms with Gasteiger partial charge in [-0.3, -0.25) is 4.79 Å². The first-order valence-corrected chi connectivity index (χ1v) is 8.91. The molecule has 0 saturated carbocycles. The third kappa shape index (κ3) is 5.08. The molecule has 2 aromatic rings. The van der Waals surface area contributed by atoms with Gasteiger partial charge in [-0.2, -0.15) is 0 Å². The summed E-state index contributed by atoms with van der Waals surface area (Å²) in [6.07, 6.45) is 0. The number of hydrogen-bond donors (Lipinski definition) is 1. The summed E-state index contributed by atoms with van der Waals surface area (Å²) in [5.41, 5.74) is 1.86. The maximum atomic E-state index is 12.2. The molecule has 0 aliphatic heterocycles. The molecular weight excluding hydrogens is 398 g/mol. The quantitative estimate of drug-likeness (QED) is 0.721. The lowest BCUT2D eigenvalue weighted by Crippen LogP contribution is -2.22. The van der Waals surface area contributed by atoms with Crippen LogP contribution < -0.4 is 10.1 Å². The molecule has 0 bridgehead atoms. The van der Waals surface area contributed by atoms with Crippen molar-refractivity contribution in [1.29, 1.82) is 0 Å². The molecule has 5 nitrogen and oxygen atoms in total. The molecule has 2 rings (SSSR count). The Morgan fingerprint density at radius 1 is 1.12 bits per heavy atom. The Morgan fingerprint density at radius 2 is 1.81 bits per heavy atom. The van der Waals surface area contributed by atoms with E-state index in [0.29, 0.717) is 17.0 Å². The molecule has 6 heteroatoms. The van der Waals surface area contributed by atoms with Crippen LogP contribution in [-0.4, -0.2) is 25.6 Å². The average molecular weight is 420 g/mol. The largest absolute Gasteiger partial charge is 0.483 e. The van der Waals surface area contributed by atoms with Gasteiger partial charge in [0.1, 0.15) is 5.75 Å². The van der Waals surface area contributed by atoms with Gasteiger partial charge in [0, 0.05) is 0 Å². The van der Waals surface area contributed by atoms with Crippen molar-refractivity contribution in [2.24, 2.45) is 0 Å². The summed E-state index contributed by atoms with van der Waals surface area (Å²) in [5, 5.41) is 2.67. The average Bonchev–Trinajstić information content (AvgIpc) is 2.59. The number of esters is 1. The van der Waals surface area contributed by atoms with Gasteiger partial charge in [0.15, 0.2) is 6.61 Å². The Kier molecular flexibility index (Phi) is 6.42. The standard InChI is InChI=1S/C20H22BrNO4/c1-20(2,3)13-9-10-17(15(21)11-13)26-12-18(23)22-16-8-6-5-7-14(16)19(24)25-4/h5-11H,12H2,1-4H3,(H,22,23). The van der Waals surface area contributed by atoms with Crippen molar-refractivity contribution in [2.45, 2.75) is 26.2 Å². The second-order valence-electron chi connectivity index (χ2n) is 6.77. The first kappa shape index (κ1) is 20.0. The predicted octanol–water partition coefficient (Wildman–Crippen LogP) is 4.55. The molecule has 2 aromatic carbocycles. The first-order chi connectivity index (χ1) is 12.2. The summed E-state index contributed by atoms with van der Waals surface area (Å²) < 4.78 is 11.1. The van der Waals surface area contributed by atoms with Crippen molar-refractivity contribution in [3.8, 4) is 5.75 Å². The number of methoxy groups -OCH3 is 1.